The van der Waals surface area contributed by atoms with Gasteiger partial charge in [0.15, 0.2) is 17.3 Å². The molecule has 0 saturated carbocycles. The fourth-order valence-corrected chi connectivity index (χ4v) is 7.41. The lowest BCUT2D eigenvalue weighted by molar-refractivity contribution is -0.119. The predicted octanol–water partition coefficient (Wildman–Crippen LogP) is 6.73. The van der Waals surface area contributed by atoms with Crippen LogP contribution in [-0.2, 0) is 19.7 Å². The second kappa shape index (κ2) is 9.25. The molecule has 0 aromatic heterocycles. The minimum Gasteiger partial charge on any atom is -0.377 e. The molecule has 0 amide bonds. The molecule has 1 aliphatic heterocycles. The molecule has 6 nitrogen and oxygen atoms in total. The monoisotopic (exact) mass is 573 g/mol. The zero-order valence-corrected chi connectivity index (χ0v) is 24.0. The van der Waals surface area contributed by atoms with Crippen LogP contribution < -0.4 is 9.50 Å². The first-order valence-electron chi connectivity index (χ1n) is 12.5. The Kier molecular flexibility index (Phi) is 6.56. The van der Waals surface area contributed by atoms with Crippen molar-refractivity contribution in [2.75, 3.05) is 0 Å². The van der Waals surface area contributed by atoms with Crippen molar-refractivity contribution in [3.05, 3.63) is 80.6 Å². The van der Waals surface area contributed by atoms with Crippen LogP contribution in [0.1, 0.15) is 64.9 Å². The number of ketones is 2. The van der Waals surface area contributed by atoms with Crippen LogP contribution in [0.25, 0.3) is 0 Å². The van der Waals surface area contributed by atoms with E-state index in [-0.39, 0.29) is 48.7 Å². The third-order valence-corrected chi connectivity index (χ3v) is 9.03. The highest BCUT2D eigenvalue weighted by atomic mass is 35.5. The van der Waals surface area contributed by atoms with Gasteiger partial charge in [-0.15, -0.1) is 0 Å². The molecular formula is C29H29Cl2NO5S. The Morgan fingerprint density at radius 1 is 0.842 bits per heavy atom. The number of hydrogen-bond acceptors (Lipinski definition) is 6. The van der Waals surface area contributed by atoms with E-state index in [2.05, 4.69) is 5.32 Å². The first-order chi connectivity index (χ1) is 17.7. The summed E-state index contributed by atoms with van der Waals surface area (Å²) in [5, 5.41) is 3.66. The molecule has 0 fully saturated rings. The summed E-state index contributed by atoms with van der Waals surface area (Å²) in [6, 6.07) is 10.7. The van der Waals surface area contributed by atoms with Gasteiger partial charge in [0.2, 0.25) is 0 Å². The minimum atomic E-state index is -4.28. The fraction of sp³-hybridized carbons (Fsp3) is 0.379. The van der Waals surface area contributed by atoms with E-state index < -0.39 is 16.0 Å². The van der Waals surface area contributed by atoms with Crippen molar-refractivity contribution in [2.45, 2.75) is 64.2 Å². The average molecular weight is 575 g/mol. The van der Waals surface area contributed by atoms with Crippen molar-refractivity contribution in [2.24, 2.45) is 10.8 Å². The van der Waals surface area contributed by atoms with Crippen LogP contribution in [0.3, 0.4) is 0 Å². The van der Waals surface area contributed by atoms with Gasteiger partial charge in [0.1, 0.15) is 4.90 Å². The van der Waals surface area contributed by atoms with Crippen LogP contribution in [0.2, 0.25) is 10.0 Å². The number of nitrogens with one attached hydrogen (secondary N) is 1. The lowest BCUT2D eigenvalue weighted by Crippen LogP contribution is -2.42. The van der Waals surface area contributed by atoms with Crippen LogP contribution in [-0.4, -0.2) is 20.0 Å². The van der Waals surface area contributed by atoms with Crippen LogP contribution >= 0.6 is 23.2 Å². The fourth-order valence-electron chi connectivity index (χ4n) is 5.83. The van der Waals surface area contributed by atoms with Gasteiger partial charge < -0.3 is 9.50 Å². The first kappa shape index (κ1) is 27.0. The molecule has 9 heteroatoms. The Bertz CT molecular complexity index is 1490. The summed E-state index contributed by atoms with van der Waals surface area (Å²) in [5.41, 5.74) is 2.10. The van der Waals surface area contributed by atoms with E-state index in [9.17, 15) is 18.0 Å². The summed E-state index contributed by atoms with van der Waals surface area (Å²) < 4.78 is 32.2. The summed E-state index contributed by atoms with van der Waals surface area (Å²) in [6.07, 6.45) is 1.78. The van der Waals surface area contributed by atoms with Gasteiger partial charge in [-0.25, -0.2) is 0 Å². The molecular weight excluding hydrogens is 545 g/mol. The number of allylic oxidation sites excluding steroid dienone is 4. The van der Waals surface area contributed by atoms with Crippen LogP contribution in [0.5, 0.6) is 5.75 Å². The van der Waals surface area contributed by atoms with Crippen molar-refractivity contribution in [3.63, 3.8) is 0 Å². The molecule has 2 aromatic carbocycles. The van der Waals surface area contributed by atoms with Crippen LogP contribution in [0.4, 0.5) is 0 Å². The maximum atomic E-state index is 13.7. The van der Waals surface area contributed by atoms with E-state index in [4.69, 9.17) is 27.4 Å². The molecule has 0 atom stereocenters. The average Bonchev–Trinajstić information content (AvgIpc) is 2.78. The molecule has 1 heterocycles. The van der Waals surface area contributed by atoms with Gasteiger partial charge in [-0.2, -0.15) is 8.42 Å². The summed E-state index contributed by atoms with van der Waals surface area (Å²) in [7, 11) is -4.28. The highest BCUT2D eigenvalue weighted by Crippen LogP contribution is 2.53. The van der Waals surface area contributed by atoms with E-state index >= 15 is 0 Å². The summed E-state index contributed by atoms with van der Waals surface area (Å²) in [5.74, 6) is -1.21. The summed E-state index contributed by atoms with van der Waals surface area (Å²) >= 11 is 13.0. The second-order valence-electron chi connectivity index (χ2n) is 11.9. The van der Waals surface area contributed by atoms with Crippen molar-refractivity contribution < 1.29 is 22.2 Å². The number of dihydropyridines is 1. The van der Waals surface area contributed by atoms with Gasteiger partial charge in [0.25, 0.3) is 0 Å². The SMILES string of the molecule is CC1(C)CC(=O)C2=C(C1)NC1=C(C(=O)CC(C)(C)C1)C2c1cc(Cl)cc(Cl)c1OS(=O)(=O)c1ccccc1. The summed E-state index contributed by atoms with van der Waals surface area (Å²) in [4.78, 5) is 27.3. The number of Topliss-reactive ketones (excluding diaryl/α,β-unsaturated/α-hetero) is 2. The van der Waals surface area contributed by atoms with Gasteiger partial charge in [0.05, 0.1) is 5.02 Å². The number of halogens is 2. The third kappa shape index (κ3) is 4.92. The summed E-state index contributed by atoms with van der Waals surface area (Å²) in [6.45, 7) is 8.12. The Balaban J connectivity index is 1.75. The van der Waals surface area contributed by atoms with Gasteiger partial charge in [-0.05, 0) is 47.9 Å². The number of benzene rings is 2. The largest absolute Gasteiger partial charge is 0.377 e. The smallest absolute Gasteiger partial charge is 0.339 e. The van der Waals surface area contributed by atoms with Gasteiger partial charge in [-0.1, -0.05) is 69.1 Å². The van der Waals surface area contributed by atoms with E-state index in [0.29, 0.717) is 36.8 Å². The zero-order chi connectivity index (χ0) is 27.6. The van der Waals surface area contributed by atoms with Crippen molar-refractivity contribution in [1.29, 1.82) is 0 Å². The van der Waals surface area contributed by atoms with Crippen molar-refractivity contribution in [3.8, 4) is 5.75 Å². The van der Waals surface area contributed by atoms with E-state index in [1.807, 2.05) is 27.7 Å². The highest BCUT2D eigenvalue weighted by Gasteiger charge is 2.47. The number of rotatable bonds is 4. The highest BCUT2D eigenvalue weighted by molar-refractivity contribution is 7.87. The Morgan fingerprint density at radius 3 is 1.89 bits per heavy atom. The molecule has 200 valence electrons. The molecule has 0 spiro atoms. The quantitative estimate of drug-likeness (QED) is 0.407. The van der Waals surface area contributed by atoms with Crippen molar-refractivity contribution >= 4 is 44.9 Å². The Morgan fingerprint density at radius 2 is 1.37 bits per heavy atom. The maximum Gasteiger partial charge on any atom is 0.339 e. The number of carbonyl (C=O) groups is 2. The molecule has 2 aromatic rings. The molecule has 3 aliphatic rings. The Hall–Kier alpha value is -2.61. The van der Waals surface area contributed by atoms with Gasteiger partial charge in [-0.3, -0.25) is 9.59 Å². The molecule has 5 rings (SSSR count). The van der Waals surface area contributed by atoms with Gasteiger partial charge in [0, 0.05) is 51.9 Å². The number of hydrogen-bond donors (Lipinski definition) is 1. The molecule has 0 radical (unpaired) electrons. The topological polar surface area (TPSA) is 89.5 Å². The first-order valence-corrected chi connectivity index (χ1v) is 14.6. The molecule has 0 unspecified atom stereocenters. The van der Waals surface area contributed by atoms with Crippen LogP contribution in [0, 0.1) is 10.8 Å². The molecule has 0 saturated heterocycles. The lowest BCUT2D eigenvalue weighted by atomic mass is 9.64. The van der Waals surface area contributed by atoms with Crippen molar-refractivity contribution in [1.82, 2.24) is 5.32 Å². The normalized spacial score (nSPS) is 21.1. The molecule has 1 N–H and O–H groups in total. The standard InChI is InChI=1S/C29H29Cl2NO5S/c1-28(2)12-20-25(22(33)14-28)24(26-21(32-20)13-29(3,4)15-23(26)34)18-10-16(30)11-19(31)27(18)37-38(35,36)17-8-6-5-7-9-17/h5-11,24,32H,12-15H2,1-4H3. The van der Waals surface area contributed by atoms with Gasteiger partial charge >= 0.3 is 10.1 Å². The second-order valence-corrected chi connectivity index (χ2v) is 14.3. The Labute approximate surface area is 233 Å². The van der Waals surface area contributed by atoms with Crippen LogP contribution in [0.15, 0.2) is 69.9 Å². The predicted molar refractivity (Wildman–Crippen MR) is 147 cm³/mol. The third-order valence-electron chi connectivity index (χ3n) is 7.29. The maximum absolute atomic E-state index is 13.7. The lowest BCUT2D eigenvalue weighted by Gasteiger charge is -2.44. The molecule has 2 aliphatic carbocycles. The van der Waals surface area contributed by atoms with E-state index in [0.717, 1.165) is 11.4 Å². The molecule has 0 bridgehead atoms. The van der Waals surface area contributed by atoms with E-state index in [1.165, 1.54) is 18.2 Å². The van der Waals surface area contributed by atoms with E-state index in [1.54, 1.807) is 24.3 Å². The molecule has 38 heavy (non-hydrogen) atoms. The zero-order valence-electron chi connectivity index (χ0n) is 21.7. The minimum absolute atomic E-state index is 0.0259. The number of carbonyl (C=O) groups excluding carboxylic acids is 2.